The monoisotopic (exact) mass is 447 g/mol. The Morgan fingerprint density at radius 1 is 1.06 bits per heavy atom. The van der Waals surface area contributed by atoms with Crippen molar-refractivity contribution in [3.05, 3.63) is 88.3 Å². The molecule has 1 aliphatic carbocycles. The summed E-state index contributed by atoms with van der Waals surface area (Å²) in [7, 11) is 0. The van der Waals surface area contributed by atoms with Crippen molar-refractivity contribution in [1.29, 1.82) is 0 Å². The summed E-state index contributed by atoms with van der Waals surface area (Å²) in [6.07, 6.45) is 2.23. The minimum Gasteiger partial charge on any atom is -0.326 e. The van der Waals surface area contributed by atoms with E-state index in [9.17, 15) is 14.0 Å². The normalized spacial score (nSPS) is 16.5. The summed E-state index contributed by atoms with van der Waals surface area (Å²) in [6.45, 7) is 2.01. The molecule has 0 aliphatic heterocycles. The summed E-state index contributed by atoms with van der Waals surface area (Å²) < 4.78 is 14.5. The number of pyridine rings is 1. The van der Waals surface area contributed by atoms with Crippen LogP contribution in [-0.4, -0.2) is 16.8 Å². The highest BCUT2D eigenvalue weighted by atomic mass is 35.5. The second-order valence-electron chi connectivity index (χ2n) is 7.63. The molecule has 0 radical (unpaired) electrons. The third-order valence-electron chi connectivity index (χ3n) is 5.12. The van der Waals surface area contributed by atoms with Gasteiger partial charge in [-0.2, -0.15) is 0 Å². The molecule has 1 saturated carbocycles. The molecule has 2 N–H and O–H groups in total. The van der Waals surface area contributed by atoms with Crippen LogP contribution in [0.4, 0.5) is 15.9 Å². The van der Waals surface area contributed by atoms with Crippen LogP contribution in [0.15, 0.2) is 60.8 Å². The number of carbonyl (C=O) groups is 2. The summed E-state index contributed by atoms with van der Waals surface area (Å²) >= 11 is 6.15. The van der Waals surface area contributed by atoms with Crippen molar-refractivity contribution in [3.8, 4) is 11.8 Å². The second-order valence-corrected chi connectivity index (χ2v) is 8.04. The van der Waals surface area contributed by atoms with Gasteiger partial charge in [0.1, 0.15) is 0 Å². The number of anilines is 2. The van der Waals surface area contributed by atoms with E-state index in [1.165, 1.54) is 24.4 Å². The van der Waals surface area contributed by atoms with E-state index in [2.05, 4.69) is 27.5 Å². The number of carbonyl (C=O) groups excluding carboxylic acids is 2. The van der Waals surface area contributed by atoms with E-state index in [-0.39, 0.29) is 28.2 Å². The number of halogens is 2. The Morgan fingerprint density at radius 2 is 1.78 bits per heavy atom. The fourth-order valence-corrected chi connectivity index (χ4v) is 3.34. The Kier molecular flexibility index (Phi) is 6.20. The maximum atomic E-state index is 14.5. The van der Waals surface area contributed by atoms with Gasteiger partial charge in [-0.25, -0.2) is 9.37 Å². The lowest BCUT2D eigenvalue weighted by Crippen LogP contribution is -2.17. The molecule has 1 heterocycles. The third kappa shape index (κ3) is 5.13. The Labute approximate surface area is 190 Å². The topological polar surface area (TPSA) is 71.1 Å². The van der Waals surface area contributed by atoms with Gasteiger partial charge in [-0.05, 0) is 48.7 Å². The second kappa shape index (κ2) is 9.21. The minimum atomic E-state index is -0.721. The predicted octanol–water partition coefficient (Wildman–Crippen LogP) is 5.12. The van der Waals surface area contributed by atoms with Crippen molar-refractivity contribution >= 4 is 34.9 Å². The smallest absolute Gasteiger partial charge is 0.258 e. The number of nitrogens with one attached hydrogen (secondary N) is 2. The molecule has 4 rings (SSSR count). The zero-order valence-electron chi connectivity index (χ0n) is 17.2. The molecule has 160 valence electrons. The fraction of sp³-hybridized carbons (Fsp3) is 0.160. The first-order valence-electron chi connectivity index (χ1n) is 10.0. The molecule has 32 heavy (non-hydrogen) atoms. The molecule has 0 saturated heterocycles. The average molecular weight is 448 g/mol. The lowest BCUT2D eigenvalue weighted by atomic mass is 10.1. The Morgan fingerprint density at radius 3 is 2.47 bits per heavy atom. The van der Waals surface area contributed by atoms with Crippen LogP contribution in [0.5, 0.6) is 0 Å². The first-order chi connectivity index (χ1) is 15.4. The SMILES string of the molecule is C[C@H]1C[C@@H]1C(=O)Nc1ccc(Cl)c(C(=O)Nc2ncc(C#Cc3ccccc3)cc2F)c1. The van der Waals surface area contributed by atoms with Crippen LogP contribution in [0, 0.1) is 29.5 Å². The van der Waals surface area contributed by atoms with Crippen molar-refractivity contribution in [2.75, 3.05) is 10.6 Å². The van der Waals surface area contributed by atoms with Crippen molar-refractivity contribution in [3.63, 3.8) is 0 Å². The number of hydrogen-bond acceptors (Lipinski definition) is 3. The van der Waals surface area contributed by atoms with Crippen LogP contribution >= 0.6 is 11.6 Å². The van der Waals surface area contributed by atoms with Crippen molar-refractivity contribution in [2.45, 2.75) is 13.3 Å². The van der Waals surface area contributed by atoms with E-state index in [4.69, 9.17) is 11.6 Å². The molecule has 2 aromatic carbocycles. The third-order valence-corrected chi connectivity index (χ3v) is 5.45. The van der Waals surface area contributed by atoms with Gasteiger partial charge in [-0.3, -0.25) is 9.59 Å². The summed E-state index contributed by atoms with van der Waals surface area (Å²) in [5, 5.41) is 5.38. The fourth-order valence-electron chi connectivity index (χ4n) is 3.14. The van der Waals surface area contributed by atoms with Crippen LogP contribution in [-0.2, 0) is 4.79 Å². The van der Waals surface area contributed by atoms with Crippen molar-refractivity contribution < 1.29 is 14.0 Å². The van der Waals surface area contributed by atoms with Gasteiger partial charge in [0.2, 0.25) is 5.91 Å². The molecule has 2 atom stereocenters. The van der Waals surface area contributed by atoms with E-state index in [0.29, 0.717) is 17.2 Å². The summed E-state index contributed by atoms with van der Waals surface area (Å²) in [5.74, 6) is 4.42. The van der Waals surface area contributed by atoms with Gasteiger partial charge in [0.15, 0.2) is 11.6 Å². The minimum absolute atomic E-state index is 0.00949. The number of aromatic nitrogens is 1. The van der Waals surface area contributed by atoms with E-state index >= 15 is 0 Å². The Bertz CT molecular complexity index is 1250. The van der Waals surface area contributed by atoms with Crippen LogP contribution in [0.1, 0.15) is 34.8 Å². The maximum Gasteiger partial charge on any atom is 0.258 e. The highest BCUT2D eigenvalue weighted by Gasteiger charge is 2.39. The first-order valence-corrected chi connectivity index (χ1v) is 10.4. The quantitative estimate of drug-likeness (QED) is 0.545. The number of nitrogens with zero attached hydrogens (tertiary/aromatic N) is 1. The Balaban J connectivity index is 1.47. The zero-order valence-corrected chi connectivity index (χ0v) is 17.9. The highest BCUT2D eigenvalue weighted by Crippen LogP contribution is 2.38. The van der Waals surface area contributed by atoms with Crippen LogP contribution in [0.3, 0.4) is 0 Å². The molecular formula is C25H19ClFN3O2. The molecular weight excluding hydrogens is 429 g/mol. The number of rotatable bonds is 4. The van der Waals surface area contributed by atoms with Gasteiger partial charge in [0.25, 0.3) is 5.91 Å². The van der Waals surface area contributed by atoms with E-state index in [0.717, 1.165) is 12.0 Å². The average Bonchev–Trinajstić information content (AvgIpc) is 3.52. The lowest BCUT2D eigenvalue weighted by molar-refractivity contribution is -0.117. The molecule has 1 fully saturated rings. The summed E-state index contributed by atoms with van der Waals surface area (Å²) in [4.78, 5) is 28.8. The van der Waals surface area contributed by atoms with Crippen molar-refractivity contribution in [2.24, 2.45) is 11.8 Å². The van der Waals surface area contributed by atoms with Crippen LogP contribution in [0.25, 0.3) is 0 Å². The number of benzene rings is 2. The van der Waals surface area contributed by atoms with Crippen LogP contribution in [0.2, 0.25) is 5.02 Å². The molecule has 1 aromatic heterocycles. The van der Waals surface area contributed by atoms with Gasteiger partial charge in [-0.1, -0.05) is 48.6 Å². The first kappa shape index (κ1) is 21.5. The predicted molar refractivity (Wildman–Crippen MR) is 122 cm³/mol. The lowest BCUT2D eigenvalue weighted by Gasteiger charge is -2.10. The molecule has 0 spiro atoms. The van der Waals surface area contributed by atoms with Gasteiger partial charge in [-0.15, -0.1) is 0 Å². The summed E-state index contributed by atoms with van der Waals surface area (Å²) in [5.41, 5.74) is 1.72. The van der Waals surface area contributed by atoms with Gasteiger partial charge in [0.05, 0.1) is 10.6 Å². The molecule has 1 aliphatic rings. The number of amides is 2. The van der Waals surface area contributed by atoms with Gasteiger partial charge >= 0.3 is 0 Å². The van der Waals surface area contributed by atoms with Crippen LogP contribution < -0.4 is 10.6 Å². The maximum absolute atomic E-state index is 14.5. The molecule has 0 bridgehead atoms. The molecule has 7 heteroatoms. The molecule has 3 aromatic rings. The van der Waals surface area contributed by atoms with Gasteiger partial charge < -0.3 is 10.6 Å². The summed E-state index contributed by atoms with van der Waals surface area (Å²) in [6, 6.07) is 15.1. The molecule has 0 unspecified atom stereocenters. The van der Waals surface area contributed by atoms with E-state index < -0.39 is 11.7 Å². The number of hydrogen-bond donors (Lipinski definition) is 2. The highest BCUT2D eigenvalue weighted by molar-refractivity contribution is 6.34. The standard InChI is InChI=1S/C25H19ClFN3O2/c1-15-11-19(15)24(31)29-18-9-10-21(26)20(13-18)25(32)30-23-22(27)12-17(14-28-23)8-7-16-5-3-2-4-6-16/h2-6,9-10,12-15,19H,11H2,1H3,(H,29,31)(H,28,30,32)/t15-,19-/m0/s1. The largest absolute Gasteiger partial charge is 0.326 e. The zero-order chi connectivity index (χ0) is 22.7. The van der Waals surface area contributed by atoms with Gasteiger partial charge in [0, 0.05) is 28.9 Å². The van der Waals surface area contributed by atoms with E-state index in [1.807, 2.05) is 37.3 Å². The van der Waals surface area contributed by atoms with E-state index in [1.54, 1.807) is 6.07 Å². The van der Waals surface area contributed by atoms with Crippen molar-refractivity contribution in [1.82, 2.24) is 4.98 Å². The molecule has 5 nitrogen and oxygen atoms in total. The molecule has 2 amide bonds. The Hall–Kier alpha value is -3.69.